The number of hydrogen-bond donors (Lipinski definition) is 2. The highest BCUT2D eigenvalue weighted by atomic mass is 16.7. The molecule has 2 N–H and O–H groups in total. The molecule has 1 saturated heterocycles. The van der Waals surface area contributed by atoms with Crippen molar-refractivity contribution >= 4 is 0 Å². The highest BCUT2D eigenvalue weighted by molar-refractivity contribution is 5.12. The van der Waals surface area contributed by atoms with E-state index in [-0.39, 0.29) is 18.6 Å². The molecule has 0 saturated carbocycles. The Bertz CT molecular complexity index is 407. The Labute approximate surface area is 127 Å². The van der Waals surface area contributed by atoms with Gasteiger partial charge in [-0.05, 0) is 38.2 Å². The quantitative estimate of drug-likeness (QED) is 0.766. The van der Waals surface area contributed by atoms with Gasteiger partial charge in [-0.3, -0.25) is 0 Å². The van der Waals surface area contributed by atoms with Crippen LogP contribution in [-0.4, -0.2) is 42.4 Å². The Balaban J connectivity index is 2.15. The highest BCUT2D eigenvalue weighted by Gasteiger charge is 2.52. The predicted octanol–water partition coefficient (Wildman–Crippen LogP) is 2.56. The minimum atomic E-state index is -0.526. The standard InChI is InChI=1S/C17H28O4/c1-14(12-18)4-3-7-16(2)8-5-15(13-19)6-9-17(16)20-10-11-21-17/h4-5,18-19H,3,6-13H2,1-2H3/b14-4+. The van der Waals surface area contributed by atoms with E-state index >= 15 is 0 Å². The fraction of sp³-hybridized carbons (Fsp3) is 0.765. The van der Waals surface area contributed by atoms with Crippen molar-refractivity contribution in [3.63, 3.8) is 0 Å². The number of rotatable bonds is 5. The molecule has 120 valence electrons. The lowest BCUT2D eigenvalue weighted by Gasteiger charge is -2.43. The molecule has 0 aromatic carbocycles. The van der Waals surface area contributed by atoms with Gasteiger partial charge in [-0.25, -0.2) is 0 Å². The molecule has 1 fully saturated rings. The summed E-state index contributed by atoms with van der Waals surface area (Å²) < 4.78 is 12.1. The maximum Gasteiger partial charge on any atom is 0.174 e. The van der Waals surface area contributed by atoms with Gasteiger partial charge in [-0.2, -0.15) is 0 Å². The van der Waals surface area contributed by atoms with Crippen LogP contribution in [-0.2, 0) is 9.47 Å². The second kappa shape index (κ2) is 7.05. The van der Waals surface area contributed by atoms with Crippen LogP contribution in [0.1, 0.15) is 46.0 Å². The average molecular weight is 296 g/mol. The summed E-state index contributed by atoms with van der Waals surface area (Å²) in [4.78, 5) is 0. The lowest BCUT2D eigenvalue weighted by molar-refractivity contribution is -0.236. The fourth-order valence-electron chi connectivity index (χ4n) is 3.34. The molecule has 4 heteroatoms. The smallest absolute Gasteiger partial charge is 0.174 e. The number of ether oxygens (including phenoxy) is 2. The van der Waals surface area contributed by atoms with Gasteiger partial charge >= 0.3 is 0 Å². The zero-order chi connectivity index (χ0) is 15.3. The lowest BCUT2D eigenvalue weighted by Crippen LogP contribution is -2.47. The molecule has 0 amide bonds. The van der Waals surface area contributed by atoms with Gasteiger partial charge in [0.2, 0.25) is 0 Å². The fourth-order valence-corrected chi connectivity index (χ4v) is 3.34. The summed E-state index contributed by atoms with van der Waals surface area (Å²) in [5, 5.41) is 18.5. The van der Waals surface area contributed by atoms with Crippen LogP contribution in [0.4, 0.5) is 0 Å². The zero-order valence-electron chi connectivity index (χ0n) is 13.2. The van der Waals surface area contributed by atoms with E-state index in [1.165, 1.54) is 0 Å². The zero-order valence-corrected chi connectivity index (χ0v) is 13.2. The third-order valence-electron chi connectivity index (χ3n) is 4.93. The molecular weight excluding hydrogens is 268 g/mol. The normalized spacial score (nSPS) is 29.5. The van der Waals surface area contributed by atoms with Crippen molar-refractivity contribution in [2.24, 2.45) is 5.41 Å². The van der Waals surface area contributed by atoms with Crippen LogP contribution in [0.15, 0.2) is 23.3 Å². The van der Waals surface area contributed by atoms with Crippen molar-refractivity contribution in [1.29, 1.82) is 0 Å². The van der Waals surface area contributed by atoms with Crippen molar-refractivity contribution in [3.05, 3.63) is 23.3 Å². The van der Waals surface area contributed by atoms with Gasteiger partial charge in [0.1, 0.15) is 0 Å². The lowest BCUT2D eigenvalue weighted by atomic mass is 9.73. The van der Waals surface area contributed by atoms with E-state index < -0.39 is 5.79 Å². The average Bonchev–Trinajstić information content (AvgIpc) is 2.92. The molecule has 0 radical (unpaired) electrons. The van der Waals surface area contributed by atoms with Crippen molar-refractivity contribution in [3.8, 4) is 0 Å². The van der Waals surface area contributed by atoms with Gasteiger partial charge in [0.25, 0.3) is 0 Å². The van der Waals surface area contributed by atoms with Crippen LogP contribution >= 0.6 is 0 Å². The molecule has 4 nitrogen and oxygen atoms in total. The molecule has 1 aliphatic heterocycles. The number of aliphatic hydroxyl groups excluding tert-OH is 2. The summed E-state index contributed by atoms with van der Waals surface area (Å²) >= 11 is 0. The van der Waals surface area contributed by atoms with Crippen molar-refractivity contribution in [2.45, 2.75) is 51.7 Å². The number of allylic oxidation sites excluding steroid dienone is 2. The molecule has 1 aliphatic carbocycles. The first-order chi connectivity index (χ1) is 10.1. The summed E-state index contributed by atoms with van der Waals surface area (Å²) in [6.07, 6.45) is 8.59. The molecule has 2 rings (SSSR count). The minimum Gasteiger partial charge on any atom is -0.392 e. The SMILES string of the molecule is C/C(=C\CCC1(C)CC=C(CO)CCC12OCCO2)CO. The second-order valence-corrected chi connectivity index (χ2v) is 6.48. The summed E-state index contributed by atoms with van der Waals surface area (Å²) in [5.74, 6) is -0.526. The first-order valence-electron chi connectivity index (χ1n) is 7.88. The summed E-state index contributed by atoms with van der Waals surface area (Å²) in [6, 6.07) is 0. The van der Waals surface area contributed by atoms with E-state index in [1.807, 2.05) is 6.92 Å². The molecule has 0 bridgehead atoms. The van der Waals surface area contributed by atoms with E-state index in [0.29, 0.717) is 13.2 Å². The summed E-state index contributed by atoms with van der Waals surface area (Å²) in [7, 11) is 0. The Kier molecular flexibility index (Phi) is 5.60. The van der Waals surface area contributed by atoms with E-state index in [9.17, 15) is 5.11 Å². The maximum absolute atomic E-state index is 9.41. The molecular formula is C17H28O4. The van der Waals surface area contributed by atoms with E-state index in [4.69, 9.17) is 14.6 Å². The molecule has 1 unspecified atom stereocenters. The molecule has 21 heavy (non-hydrogen) atoms. The van der Waals surface area contributed by atoms with Gasteiger partial charge in [0.15, 0.2) is 5.79 Å². The summed E-state index contributed by atoms with van der Waals surface area (Å²) in [6.45, 7) is 5.69. The molecule has 0 aromatic heterocycles. The van der Waals surface area contributed by atoms with Crippen LogP contribution in [0.25, 0.3) is 0 Å². The van der Waals surface area contributed by atoms with Gasteiger partial charge in [0.05, 0.1) is 26.4 Å². The maximum atomic E-state index is 9.41. The van der Waals surface area contributed by atoms with E-state index in [0.717, 1.165) is 43.3 Å². The second-order valence-electron chi connectivity index (χ2n) is 6.48. The Morgan fingerprint density at radius 2 is 2.05 bits per heavy atom. The van der Waals surface area contributed by atoms with Crippen LogP contribution in [0, 0.1) is 5.41 Å². The van der Waals surface area contributed by atoms with Gasteiger partial charge in [-0.1, -0.05) is 24.6 Å². The van der Waals surface area contributed by atoms with Gasteiger partial charge in [-0.15, -0.1) is 0 Å². The van der Waals surface area contributed by atoms with Crippen molar-refractivity contribution in [2.75, 3.05) is 26.4 Å². The van der Waals surface area contributed by atoms with Crippen LogP contribution < -0.4 is 0 Å². The Hall–Kier alpha value is -0.680. The molecule has 1 spiro atoms. The van der Waals surface area contributed by atoms with Crippen LogP contribution in [0.3, 0.4) is 0 Å². The largest absolute Gasteiger partial charge is 0.392 e. The highest BCUT2D eigenvalue weighted by Crippen LogP contribution is 2.50. The van der Waals surface area contributed by atoms with Crippen molar-refractivity contribution < 1.29 is 19.7 Å². The van der Waals surface area contributed by atoms with Crippen LogP contribution in [0.5, 0.6) is 0 Å². The number of hydrogen-bond acceptors (Lipinski definition) is 4. The molecule has 1 heterocycles. The molecule has 1 atom stereocenters. The minimum absolute atomic E-state index is 0.105. The van der Waals surface area contributed by atoms with Gasteiger partial charge < -0.3 is 19.7 Å². The third kappa shape index (κ3) is 3.57. The Morgan fingerprint density at radius 1 is 1.33 bits per heavy atom. The monoisotopic (exact) mass is 296 g/mol. The first-order valence-corrected chi connectivity index (χ1v) is 7.88. The third-order valence-corrected chi connectivity index (χ3v) is 4.93. The van der Waals surface area contributed by atoms with E-state index in [2.05, 4.69) is 19.1 Å². The molecule has 2 aliphatic rings. The van der Waals surface area contributed by atoms with Crippen molar-refractivity contribution in [1.82, 2.24) is 0 Å². The topological polar surface area (TPSA) is 58.9 Å². The first kappa shape index (κ1) is 16.7. The van der Waals surface area contributed by atoms with Crippen LogP contribution in [0.2, 0.25) is 0 Å². The molecule has 0 aromatic rings. The predicted molar refractivity (Wildman–Crippen MR) is 81.8 cm³/mol. The number of aliphatic hydroxyl groups is 2. The van der Waals surface area contributed by atoms with Gasteiger partial charge in [0, 0.05) is 11.8 Å². The van der Waals surface area contributed by atoms with E-state index in [1.54, 1.807) is 0 Å². The summed E-state index contributed by atoms with van der Waals surface area (Å²) in [5.41, 5.74) is 1.98. The Morgan fingerprint density at radius 3 is 2.67 bits per heavy atom.